The molecule has 0 saturated heterocycles. The van der Waals surface area contributed by atoms with Gasteiger partial charge < -0.3 is 5.11 Å². The zero-order chi connectivity index (χ0) is 15.8. The van der Waals surface area contributed by atoms with Crippen LogP contribution in [0.25, 0.3) is 16.8 Å². The van der Waals surface area contributed by atoms with Gasteiger partial charge in [0.25, 0.3) is 0 Å². The van der Waals surface area contributed by atoms with Crippen molar-refractivity contribution in [2.45, 2.75) is 44.9 Å². The highest BCUT2D eigenvalue weighted by Crippen LogP contribution is 2.38. The second-order valence-electron chi connectivity index (χ2n) is 6.51. The summed E-state index contributed by atoms with van der Waals surface area (Å²) in [5.74, 6) is 0.791. The first-order chi connectivity index (χ1) is 11.2. The van der Waals surface area contributed by atoms with Crippen LogP contribution in [0.15, 0.2) is 36.7 Å². The molecule has 0 amide bonds. The number of hydrogen-bond donors (Lipinski definition) is 1. The second-order valence-corrected chi connectivity index (χ2v) is 6.51. The monoisotopic (exact) mass is 307 g/mol. The summed E-state index contributed by atoms with van der Waals surface area (Å²) in [5, 5.41) is 14.4. The molecule has 0 aliphatic heterocycles. The maximum atomic E-state index is 9.85. The first-order valence-corrected chi connectivity index (χ1v) is 8.36. The van der Waals surface area contributed by atoms with E-state index in [-0.39, 0.29) is 5.75 Å². The fraction of sp³-hybridized carbons (Fsp3) is 0.368. The number of aromatic hydroxyl groups is 1. The van der Waals surface area contributed by atoms with E-state index < -0.39 is 0 Å². The number of benzene rings is 1. The third-order valence-corrected chi connectivity index (χ3v) is 4.89. The summed E-state index contributed by atoms with van der Waals surface area (Å²) >= 11 is 0. The highest BCUT2D eigenvalue weighted by atomic mass is 16.3. The molecule has 23 heavy (non-hydrogen) atoms. The van der Waals surface area contributed by atoms with Crippen LogP contribution in [0.2, 0.25) is 0 Å². The number of fused-ring (bicyclic) bond motifs is 1. The number of aromatic nitrogens is 3. The first kappa shape index (κ1) is 14.2. The molecule has 1 N–H and O–H groups in total. The molecule has 3 aromatic rings. The van der Waals surface area contributed by atoms with Crippen LogP contribution in [0.5, 0.6) is 5.75 Å². The molecule has 1 aliphatic carbocycles. The number of aryl methyl sites for hydroxylation is 1. The minimum Gasteiger partial charge on any atom is -0.508 e. The van der Waals surface area contributed by atoms with Gasteiger partial charge in [0.1, 0.15) is 5.75 Å². The van der Waals surface area contributed by atoms with Gasteiger partial charge in [-0.2, -0.15) is 5.10 Å². The van der Waals surface area contributed by atoms with Crippen molar-refractivity contribution in [3.05, 3.63) is 47.9 Å². The van der Waals surface area contributed by atoms with E-state index in [9.17, 15) is 5.11 Å². The predicted molar refractivity (Wildman–Crippen MR) is 90.7 cm³/mol. The molecule has 2 heterocycles. The maximum absolute atomic E-state index is 9.85. The van der Waals surface area contributed by atoms with Crippen LogP contribution in [-0.2, 0) is 0 Å². The molecular weight excluding hydrogens is 286 g/mol. The SMILES string of the molecule is Cc1cnn2c(C3CCCCC3)c(-c3cccc(O)c3)cnc12. The second kappa shape index (κ2) is 5.69. The molecule has 1 aliphatic rings. The van der Waals surface area contributed by atoms with Gasteiger partial charge in [-0.15, -0.1) is 0 Å². The molecule has 4 nitrogen and oxygen atoms in total. The Morgan fingerprint density at radius 2 is 1.96 bits per heavy atom. The van der Waals surface area contributed by atoms with E-state index in [1.165, 1.54) is 37.8 Å². The zero-order valence-corrected chi connectivity index (χ0v) is 13.4. The Hall–Kier alpha value is -2.36. The van der Waals surface area contributed by atoms with Crippen molar-refractivity contribution in [1.29, 1.82) is 0 Å². The number of rotatable bonds is 2. The molecule has 0 spiro atoms. The highest BCUT2D eigenvalue weighted by Gasteiger charge is 2.23. The van der Waals surface area contributed by atoms with Crippen LogP contribution in [0, 0.1) is 6.92 Å². The van der Waals surface area contributed by atoms with Gasteiger partial charge in [-0.3, -0.25) is 0 Å². The molecule has 1 saturated carbocycles. The number of hydrogen-bond acceptors (Lipinski definition) is 3. The minimum atomic E-state index is 0.286. The number of phenols is 1. The van der Waals surface area contributed by atoms with Crippen molar-refractivity contribution < 1.29 is 5.11 Å². The van der Waals surface area contributed by atoms with Gasteiger partial charge in [0.2, 0.25) is 0 Å². The Morgan fingerprint density at radius 1 is 1.13 bits per heavy atom. The summed E-state index contributed by atoms with van der Waals surface area (Å²) in [6.07, 6.45) is 10.1. The Morgan fingerprint density at radius 3 is 2.74 bits per heavy atom. The zero-order valence-electron chi connectivity index (χ0n) is 13.4. The molecule has 1 fully saturated rings. The maximum Gasteiger partial charge on any atom is 0.158 e. The third kappa shape index (κ3) is 2.48. The van der Waals surface area contributed by atoms with Gasteiger partial charge in [0.05, 0.1) is 11.9 Å². The van der Waals surface area contributed by atoms with Crippen molar-refractivity contribution in [2.24, 2.45) is 0 Å². The standard InChI is InChI=1S/C19H21N3O/c1-13-11-21-22-18(14-6-3-2-4-7-14)17(12-20-19(13)22)15-8-5-9-16(23)10-15/h5,8-12,14,23H,2-4,6-7H2,1H3. The molecule has 4 heteroatoms. The molecule has 2 aromatic heterocycles. The van der Waals surface area contributed by atoms with E-state index in [0.717, 1.165) is 22.3 Å². The first-order valence-electron chi connectivity index (χ1n) is 8.36. The van der Waals surface area contributed by atoms with E-state index in [2.05, 4.69) is 10.1 Å². The molecule has 0 bridgehead atoms. The average Bonchev–Trinajstić information content (AvgIpc) is 2.96. The van der Waals surface area contributed by atoms with E-state index in [4.69, 9.17) is 0 Å². The van der Waals surface area contributed by atoms with Crippen LogP contribution in [0.4, 0.5) is 0 Å². The summed E-state index contributed by atoms with van der Waals surface area (Å²) in [6.45, 7) is 2.05. The summed E-state index contributed by atoms with van der Waals surface area (Å²) in [6, 6.07) is 7.43. The molecule has 4 rings (SSSR count). The lowest BCUT2D eigenvalue weighted by Gasteiger charge is -2.25. The predicted octanol–water partition coefficient (Wildman–Crippen LogP) is 4.46. The summed E-state index contributed by atoms with van der Waals surface area (Å²) in [5.41, 5.74) is 5.38. The normalized spacial score (nSPS) is 16.0. The van der Waals surface area contributed by atoms with Crippen molar-refractivity contribution in [1.82, 2.24) is 14.6 Å². The van der Waals surface area contributed by atoms with Gasteiger partial charge in [0.15, 0.2) is 5.65 Å². The fourth-order valence-electron chi connectivity index (χ4n) is 3.73. The smallest absolute Gasteiger partial charge is 0.158 e. The lowest BCUT2D eigenvalue weighted by atomic mass is 9.84. The van der Waals surface area contributed by atoms with Crippen molar-refractivity contribution in [3.8, 4) is 16.9 Å². The minimum absolute atomic E-state index is 0.286. The van der Waals surface area contributed by atoms with Gasteiger partial charge in [0, 0.05) is 23.2 Å². The van der Waals surface area contributed by atoms with Gasteiger partial charge >= 0.3 is 0 Å². The summed E-state index contributed by atoms with van der Waals surface area (Å²) in [7, 11) is 0. The van der Waals surface area contributed by atoms with Crippen molar-refractivity contribution in [2.75, 3.05) is 0 Å². The molecular formula is C19H21N3O. The molecule has 1 aromatic carbocycles. The lowest BCUT2D eigenvalue weighted by molar-refractivity contribution is 0.431. The Kier molecular flexibility index (Phi) is 3.52. The van der Waals surface area contributed by atoms with Crippen molar-refractivity contribution in [3.63, 3.8) is 0 Å². The average molecular weight is 307 g/mol. The number of phenolic OH excluding ortho intramolecular Hbond substituents is 1. The van der Waals surface area contributed by atoms with Crippen LogP contribution < -0.4 is 0 Å². The summed E-state index contributed by atoms with van der Waals surface area (Å²) in [4.78, 5) is 4.62. The van der Waals surface area contributed by atoms with E-state index in [1.54, 1.807) is 6.07 Å². The van der Waals surface area contributed by atoms with E-state index in [0.29, 0.717) is 5.92 Å². The molecule has 118 valence electrons. The van der Waals surface area contributed by atoms with Gasteiger partial charge in [-0.05, 0) is 37.5 Å². The van der Waals surface area contributed by atoms with Gasteiger partial charge in [-0.1, -0.05) is 31.4 Å². The van der Waals surface area contributed by atoms with Crippen LogP contribution in [0.1, 0.15) is 49.3 Å². The number of nitrogens with zero attached hydrogens (tertiary/aromatic N) is 3. The lowest BCUT2D eigenvalue weighted by Crippen LogP contribution is -2.12. The largest absolute Gasteiger partial charge is 0.508 e. The van der Waals surface area contributed by atoms with Crippen LogP contribution in [-0.4, -0.2) is 19.7 Å². The third-order valence-electron chi connectivity index (χ3n) is 4.89. The Bertz CT molecular complexity index is 847. The van der Waals surface area contributed by atoms with E-state index in [1.807, 2.05) is 42.0 Å². The topological polar surface area (TPSA) is 50.4 Å². The Balaban J connectivity index is 1.95. The van der Waals surface area contributed by atoms with Crippen LogP contribution >= 0.6 is 0 Å². The van der Waals surface area contributed by atoms with E-state index >= 15 is 0 Å². The quantitative estimate of drug-likeness (QED) is 0.760. The van der Waals surface area contributed by atoms with Crippen LogP contribution in [0.3, 0.4) is 0 Å². The molecule has 0 radical (unpaired) electrons. The highest BCUT2D eigenvalue weighted by molar-refractivity contribution is 5.69. The summed E-state index contributed by atoms with van der Waals surface area (Å²) < 4.78 is 2.02. The molecule has 0 atom stereocenters. The molecule has 0 unspecified atom stereocenters. The van der Waals surface area contributed by atoms with Crippen molar-refractivity contribution >= 4 is 5.65 Å². The van der Waals surface area contributed by atoms with Gasteiger partial charge in [-0.25, -0.2) is 9.50 Å². The fourth-order valence-corrected chi connectivity index (χ4v) is 3.73. The Labute approximate surface area is 135 Å².